The van der Waals surface area contributed by atoms with Crippen LogP contribution >= 0.6 is 0 Å². The number of nitrogens with zero attached hydrogens (tertiary/aromatic N) is 2. The Bertz CT molecular complexity index is 891. The van der Waals surface area contributed by atoms with Crippen molar-refractivity contribution < 1.29 is 27.1 Å². The second kappa shape index (κ2) is 11.2. The largest absolute Gasteiger partial charge is 0.467 e. The average molecular weight is 481 g/mol. The Morgan fingerprint density at radius 2 is 1.76 bits per heavy atom. The molecule has 1 aromatic carbocycles. The molecule has 0 radical (unpaired) electrons. The number of nitrogens with one attached hydrogen (secondary N) is 2. The van der Waals surface area contributed by atoms with Gasteiger partial charge in [-0.2, -0.15) is 13.2 Å². The topological polar surface area (TPSA) is 70.0 Å². The SMILES string of the molecule is O=C(NCCN1CCOCC1)c1ccc(N2CCC(NC(c3ccco3)C(F)(F)F)CC2)cc1. The number of morpholine rings is 1. The number of piperidine rings is 1. The number of ether oxygens (including phenoxy) is 1. The molecular formula is C24H31F3N4O3. The van der Waals surface area contributed by atoms with Gasteiger partial charge in [-0.25, -0.2) is 0 Å². The number of amides is 1. The normalized spacial score (nSPS) is 19.2. The van der Waals surface area contributed by atoms with Gasteiger partial charge in [0, 0.05) is 56.6 Å². The zero-order valence-corrected chi connectivity index (χ0v) is 19.0. The standard InChI is InChI=1S/C24H31F3N4O3/c25-24(26,27)22(21-2-1-15-34-21)29-19-7-10-31(11-8-19)20-5-3-18(4-6-20)23(32)28-9-12-30-13-16-33-17-14-30/h1-6,15,19,22,29H,7-14,16-17H2,(H,28,32). The van der Waals surface area contributed by atoms with E-state index in [1.165, 1.54) is 18.4 Å². The van der Waals surface area contributed by atoms with Gasteiger partial charge in [0.2, 0.25) is 0 Å². The van der Waals surface area contributed by atoms with Gasteiger partial charge in [-0.1, -0.05) is 0 Å². The minimum absolute atomic E-state index is 0.112. The molecule has 0 saturated carbocycles. The number of benzene rings is 1. The lowest BCUT2D eigenvalue weighted by Crippen LogP contribution is -2.47. The number of carbonyl (C=O) groups is 1. The molecule has 4 rings (SSSR count). The first kappa shape index (κ1) is 24.6. The van der Waals surface area contributed by atoms with Crippen molar-refractivity contribution in [1.82, 2.24) is 15.5 Å². The molecule has 2 fully saturated rings. The maximum absolute atomic E-state index is 13.5. The van der Waals surface area contributed by atoms with E-state index in [4.69, 9.17) is 9.15 Å². The number of anilines is 1. The van der Waals surface area contributed by atoms with Gasteiger partial charge < -0.3 is 19.4 Å². The second-order valence-electron chi connectivity index (χ2n) is 8.67. The lowest BCUT2D eigenvalue weighted by Gasteiger charge is -2.36. The van der Waals surface area contributed by atoms with Crippen LogP contribution in [0.25, 0.3) is 0 Å². The van der Waals surface area contributed by atoms with E-state index in [2.05, 4.69) is 20.4 Å². The molecule has 0 bridgehead atoms. The third-order valence-corrected chi connectivity index (χ3v) is 6.36. The average Bonchev–Trinajstić information content (AvgIpc) is 3.37. The van der Waals surface area contributed by atoms with E-state index >= 15 is 0 Å². The predicted octanol–water partition coefficient (Wildman–Crippen LogP) is 3.20. The summed E-state index contributed by atoms with van der Waals surface area (Å²) < 4.78 is 50.8. The van der Waals surface area contributed by atoms with Crippen LogP contribution in [0.15, 0.2) is 47.1 Å². The van der Waals surface area contributed by atoms with Crippen molar-refractivity contribution in [3.8, 4) is 0 Å². The van der Waals surface area contributed by atoms with Crippen molar-refractivity contribution >= 4 is 11.6 Å². The third kappa shape index (κ3) is 6.52. The van der Waals surface area contributed by atoms with Crippen molar-refractivity contribution in [3.05, 3.63) is 54.0 Å². The molecule has 2 saturated heterocycles. The summed E-state index contributed by atoms with van der Waals surface area (Å²) in [5.41, 5.74) is 1.55. The predicted molar refractivity (Wildman–Crippen MR) is 122 cm³/mol. The first-order valence-corrected chi connectivity index (χ1v) is 11.7. The molecule has 1 atom stereocenters. The Morgan fingerprint density at radius 1 is 1.06 bits per heavy atom. The van der Waals surface area contributed by atoms with Crippen molar-refractivity contribution in [2.45, 2.75) is 31.1 Å². The van der Waals surface area contributed by atoms with Crippen LogP contribution in [0.5, 0.6) is 0 Å². The Balaban J connectivity index is 1.24. The summed E-state index contributed by atoms with van der Waals surface area (Å²) >= 11 is 0. The maximum atomic E-state index is 13.5. The molecule has 3 heterocycles. The molecule has 1 amide bonds. The molecular weight excluding hydrogens is 449 g/mol. The van der Waals surface area contributed by atoms with E-state index < -0.39 is 12.2 Å². The summed E-state index contributed by atoms with van der Waals surface area (Å²) in [6.45, 7) is 5.87. The summed E-state index contributed by atoms with van der Waals surface area (Å²) in [7, 11) is 0. The van der Waals surface area contributed by atoms with Gasteiger partial charge in [0.15, 0.2) is 6.04 Å². The van der Waals surface area contributed by atoms with E-state index in [9.17, 15) is 18.0 Å². The highest BCUT2D eigenvalue weighted by molar-refractivity contribution is 5.94. The van der Waals surface area contributed by atoms with Gasteiger partial charge in [0.1, 0.15) is 5.76 Å². The van der Waals surface area contributed by atoms with E-state index in [0.717, 1.165) is 38.5 Å². The van der Waals surface area contributed by atoms with Crippen LogP contribution in [0.2, 0.25) is 0 Å². The van der Waals surface area contributed by atoms with Gasteiger partial charge in [-0.3, -0.25) is 15.0 Å². The van der Waals surface area contributed by atoms with Crippen LogP contribution in [0.1, 0.15) is 35.0 Å². The number of carbonyl (C=O) groups excluding carboxylic acids is 1. The minimum atomic E-state index is -4.42. The molecule has 2 aliphatic rings. The summed E-state index contributed by atoms with van der Waals surface area (Å²) in [6, 6.07) is 8.12. The van der Waals surface area contributed by atoms with E-state index in [0.29, 0.717) is 38.0 Å². The van der Waals surface area contributed by atoms with Gasteiger partial charge in [0.05, 0.1) is 19.5 Å². The first-order chi connectivity index (χ1) is 16.4. The Morgan fingerprint density at radius 3 is 2.38 bits per heavy atom. The Kier molecular flexibility index (Phi) is 8.12. The molecule has 7 nitrogen and oxygen atoms in total. The van der Waals surface area contributed by atoms with Gasteiger partial charge in [-0.15, -0.1) is 0 Å². The maximum Gasteiger partial charge on any atom is 0.411 e. The number of hydrogen-bond acceptors (Lipinski definition) is 6. The highest BCUT2D eigenvalue weighted by Crippen LogP contribution is 2.34. The van der Waals surface area contributed by atoms with Crippen molar-refractivity contribution in [2.24, 2.45) is 0 Å². The van der Waals surface area contributed by atoms with Crippen LogP contribution < -0.4 is 15.5 Å². The van der Waals surface area contributed by atoms with Gasteiger partial charge >= 0.3 is 6.18 Å². The number of hydrogen-bond donors (Lipinski definition) is 2. The molecule has 2 aromatic rings. The summed E-state index contributed by atoms with van der Waals surface area (Å²) in [5, 5.41) is 5.68. The molecule has 2 aliphatic heterocycles. The van der Waals surface area contributed by atoms with Crippen molar-refractivity contribution in [2.75, 3.05) is 57.4 Å². The number of alkyl halides is 3. The van der Waals surface area contributed by atoms with Crippen LogP contribution in [-0.2, 0) is 4.74 Å². The zero-order chi connectivity index (χ0) is 24.0. The van der Waals surface area contributed by atoms with Gasteiger partial charge in [-0.05, 0) is 49.2 Å². The van der Waals surface area contributed by atoms with Gasteiger partial charge in [0.25, 0.3) is 5.91 Å². The van der Waals surface area contributed by atoms with Crippen molar-refractivity contribution in [1.29, 1.82) is 0 Å². The fraction of sp³-hybridized carbons (Fsp3) is 0.542. The monoisotopic (exact) mass is 480 g/mol. The van der Waals surface area contributed by atoms with Crippen LogP contribution in [0, 0.1) is 0 Å². The number of furan rings is 1. The fourth-order valence-electron chi connectivity index (χ4n) is 4.41. The highest BCUT2D eigenvalue weighted by atomic mass is 19.4. The molecule has 10 heteroatoms. The molecule has 2 N–H and O–H groups in total. The lowest BCUT2D eigenvalue weighted by molar-refractivity contribution is -0.163. The number of halogens is 3. The molecule has 1 aromatic heterocycles. The summed E-state index contributed by atoms with van der Waals surface area (Å²) in [4.78, 5) is 16.8. The molecule has 0 spiro atoms. The quantitative estimate of drug-likeness (QED) is 0.605. The van der Waals surface area contributed by atoms with Crippen LogP contribution in [0.3, 0.4) is 0 Å². The Labute approximate surface area is 197 Å². The smallest absolute Gasteiger partial charge is 0.411 e. The molecule has 186 valence electrons. The fourth-order valence-corrected chi connectivity index (χ4v) is 4.41. The summed E-state index contributed by atoms with van der Waals surface area (Å²) in [6.07, 6.45) is -2.01. The lowest BCUT2D eigenvalue weighted by atomic mass is 10.0. The Hall–Kier alpha value is -2.56. The first-order valence-electron chi connectivity index (χ1n) is 11.7. The van der Waals surface area contributed by atoms with E-state index in [1.54, 1.807) is 12.1 Å². The van der Waals surface area contributed by atoms with Crippen LogP contribution in [-0.4, -0.2) is 75.5 Å². The third-order valence-electron chi connectivity index (χ3n) is 6.36. The summed E-state index contributed by atoms with van der Waals surface area (Å²) in [5.74, 6) is -0.229. The molecule has 1 unspecified atom stereocenters. The second-order valence-corrected chi connectivity index (χ2v) is 8.67. The van der Waals surface area contributed by atoms with E-state index in [1.807, 2.05) is 12.1 Å². The highest BCUT2D eigenvalue weighted by Gasteiger charge is 2.44. The zero-order valence-electron chi connectivity index (χ0n) is 19.0. The van der Waals surface area contributed by atoms with Crippen LogP contribution in [0.4, 0.5) is 18.9 Å². The van der Waals surface area contributed by atoms with E-state index in [-0.39, 0.29) is 17.7 Å². The minimum Gasteiger partial charge on any atom is -0.467 e. The van der Waals surface area contributed by atoms with Crippen molar-refractivity contribution in [3.63, 3.8) is 0 Å². The molecule has 34 heavy (non-hydrogen) atoms. The number of rotatable bonds is 8. The molecule has 0 aliphatic carbocycles.